The van der Waals surface area contributed by atoms with E-state index < -0.39 is 0 Å². The zero-order valence-electron chi connectivity index (χ0n) is 7.21. The zero-order valence-corrected chi connectivity index (χ0v) is 8.10. The molecule has 3 nitrogen and oxygen atoms in total. The summed E-state index contributed by atoms with van der Waals surface area (Å²) < 4.78 is 0. The van der Waals surface area contributed by atoms with Gasteiger partial charge in [-0.2, -0.15) is 12.6 Å². The van der Waals surface area contributed by atoms with Crippen LogP contribution in [0.4, 0.5) is 0 Å². The van der Waals surface area contributed by atoms with E-state index in [1.54, 1.807) is 7.05 Å². The predicted octanol–water partition coefficient (Wildman–Crippen LogP) is 0.217. The molecular weight excluding hydrogens is 174 g/mol. The van der Waals surface area contributed by atoms with Crippen molar-refractivity contribution in [2.75, 3.05) is 19.4 Å². The Balaban J connectivity index is 4.11. The van der Waals surface area contributed by atoms with E-state index in [1.807, 2.05) is 0 Å². The second-order valence-electron chi connectivity index (χ2n) is 2.50. The first-order valence-corrected chi connectivity index (χ1v) is 4.43. The molecule has 0 aliphatic heterocycles. The number of hydrogen-bond acceptors (Lipinski definition) is 3. The van der Waals surface area contributed by atoms with Gasteiger partial charge >= 0.3 is 0 Å². The Bertz CT molecular complexity index is 170. The fourth-order valence-electron chi connectivity index (χ4n) is 0.878. The minimum absolute atomic E-state index is 0.0294. The van der Waals surface area contributed by atoms with Gasteiger partial charge in [0.15, 0.2) is 0 Å². The molecule has 0 aromatic heterocycles. The molecule has 1 atom stereocenters. The van der Waals surface area contributed by atoms with Crippen LogP contribution in [-0.2, 0) is 4.79 Å². The van der Waals surface area contributed by atoms with Gasteiger partial charge in [-0.05, 0) is 18.1 Å². The Kier molecular flexibility index (Phi) is 5.84. The molecule has 0 fully saturated rings. The van der Waals surface area contributed by atoms with E-state index in [2.05, 4.69) is 24.5 Å². The van der Waals surface area contributed by atoms with E-state index in [1.165, 1.54) is 0 Å². The third-order valence-electron chi connectivity index (χ3n) is 1.71. The second kappa shape index (κ2) is 6.08. The number of hydrogen-bond donors (Lipinski definition) is 3. The average Bonchev–Trinajstić information content (AvgIpc) is 2.11. The molecule has 0 radical (unpaired) electrons. The lowest BCUT2D eigenvalue weighted by atomic mass is 9.99. The molecule has 1 amide bonds. The van der Waals surface area contributed by atoms with Crippen LogP contribution in [0.2, 0.25) is 0 Å². The summed E-state index contributed by atoms with van der Waals surface area (Å²) >= 11 is 4.07. The first-order valence-electron chi connectivity index (χ1n) is 3.80. The summed E-state index contributed by atoms with van der Waals surface area (Å²) in [5, 5.41) is 11.1. The van der Waals surface area contributed by atoms with Gasteiger partial charge in [0.1, 0.15) is 0 Å². The van der Waals surface area contributed by atoms with E-state index in [0.717, 1.165) is 0 Å². The summed E-state index contributed by atoms with van der Waals surface area (Å²) in [6, 6.07) is 0. The number of carbonyl (C=O) groups excluding carboxylic acids is 1. The lowest BCUT2D eigenvalue weighted by Crippen LogP contribution is -2.25. The highest BCUT2D eigenvalue weighted by Crippen LogP contribution is 2.14. The molecule has 0 aromatic rings. The van der Waals surface area contributed by atoms with Crippen LogP contribution < -0.4 is 5.32 Å². The fraction of sp³-hybridized carbons (Fsp3) is 0.625. The predicted molar refractivity (Wildman–Crippen MR) is 52.3 cm³/mol. The SMILES string of the molecule is C=C(C(=O)NC)C(CS)CCO. The summed E-state index contributed by atoms with van der Waals surface area (Å²) in [5.74, 6) is 0.327. The molecule has 0 aromatic carbocycles. The summed E-state index contributed by atoms with van der Waals surface area (Å²) in [6.07, 6.45) is 0.537. The number of carbonyl (C=O) groups is 1. The van der Waals surface area contributed by atoms with Crippen LogP contribution in [0.25, 0.3) is 0 Å². The van der Waals surface area contributed by atoms with Crippen molar-refractivity contribution in [2.24, 2.45) is 5.92 Å². The summed E-state index contributed by atoms with van der Waals surface area (Å²) in [6.45, 7) is 3.70. The number of likely N-dealkylation sites (N-methyl/N-ethyl adjacent to an activating group) is 1. The van der Waals surface area contributed by atoms with Crippen molar-refractivity contribution in [1.82, 2.24) is 5.32 Å². The molecule has 2 N–H and O–H groups in total. The van der Waals surface area contributed by atoms with E-state index in [4.69, 9.17) is 5.11 Å². The normalized spacial score (nSPS) is 12.2. The number of rotatable bonds is 5. The molecule has 4 heteroatoms. The molecule has 0 aliphatic carbocycles. The zero-order chi connectivity index (χ0) is 9.56. The van der Waals surface area contributed by atoms with Crippen molar-refractivity contribution in [2.45, 2.75) is 6.42 Å². The van der Waals surface area contributed by atoms with Crippen LogP contribution in [0.1, 0.15) is 6.42 Å². The number of aliphatic hydroxyl groups excluding tert-OH is 1. The van der Waals surface area contributed by atoms with Gasteiger partial charge in [0.25, 0.3) is 0 Å². The molecule has 0 saturated carbocycles. The number of aliphatic hydroxyl groups is 1. The Morgan fingerprint density at radius 3 is 2.67 bits per heavy atom. The smallest absolute Gasteiger partial charge is 0.246 e. The number of thiol groups is 1. The summed E-state index contributed by atoms with van der Waals surface area (Å²) in [4.78, 5) is 11.1. The van der Waals surface area contributed by atoms with Crippen LogP contribution in [-0.4, -0.2) is 30.4 Å². The first-order chi connectivity index (χ1) is 5.67. The van der Waals surface area contributed by atoms with Gasteiger partial charge in [-0.1, -0.05) is 6.58 Å². The molecule has 0 rings (SSSR count). The Labute approximate surface area is 78.3 Å². The highest BCUT2D eigenvalue weighted by atomic mass is 32.1. The maximum absolute atomic E-state index is 11.1. The molecule has 0 aliphatic rings. The maximum Gasteiger partial charge on any atom is 0.246 e. The van der Waals surface area contributed by atoms with Gasteiger partial charge in [0.05, 0.1) is 0 Å². The summed E-state index contributed by atoms with van der Waals surface area (Å²) in [7, 11) is 1.56. The average molecular weight is 189 g/mol. The number of nitrogens with one attached hydrogen (secondary N) is 1. The van der Waals surface area contributed by atoms with Crippen molar-refractivity contribution >= 4 is 18.5 Å². The highest BCUT2D eigenvalue weighted by Gasteiger charge is 2.15. The minimum Gasteiger partial charge on any atom is -0.396 e. The third kappa shape index (κ3) is 3.28. The van der Waals surface area contributed by atoms with E-state index in [9.17, 15) is 4.79 Å². The Morgan fingerprint density at radius 2 is 2.33 bits per heavy atom. The topological polar surface area (TPSA) is 49.3 Å². The van der Waals surface area contributed by atoms with Gasteiger partial charge in [0, 0.05) is 19.2 Å². The molecule has 12 heavy (non-hydrogen) atoms. The van der Waals surface area contributed by atoms with Crippen LogP contribution >= 0.6 is 12.6 Å². The van der Waals surface area contributed by atoms with Crippen LogP contribution in [0.5, 0.6) is 0 Å². The van der Waals surface area contributed by atoms with Crippen molar-refractivity contribution in [3.8, 4) is 0 Å². The van der Waals surface area contributed by atoms with Crippen LogP contribution in [0, 0.1) is 5.92 Å². The molecule has 0 spiro atoms. The van der Waals surface area contributed by atoms with Gasteiger partial charge in [-0.3, -0.25) is 4.79 Å². The molecular formula is C8H15NO2S. The van der Waals surface area contributed by atoms with Crippen molar-refractivity contribution < 1.29 is 9.90 Å². The third-order valence-corrected chi connectivity index (χ3v) is 2.15. The molecule has 1 unspecified atom stereocenters. The molecule has 0 saturated heterocycles. The maximum atomic E-state index is 11.1. The van der Waals surface area contributed by atoms with E-state index in [-0.39, 0.29) is 18.4 Å². The van der Waals surface area contributed by atoms with Crippen molar-refractivity contribution in [3.05, 3.63) is 12.2 Å². The van der Waals surface area contributed by atoms with Gasteiger partial charge < -0.3 is 10.4 Å². The van der Waals surface area contributed by atoms with Crippen molar-refractivity contribution in [1.29, 1.82) is 0 Å². The van der Waals surface area contributed by atoms with Gasteiger partial charge in [0.2, 0.25) is 5.91 Å². The number of amides is 1. The lowest BCUT2D eigenvalue weighted by Gasteiger charge is -2.14. The van der Waals surface area contributed by atoms with Crippen LogP contribution in [0.3, 0.4) is 0 Å². The standard InChI is InChI=1S/C8H15NO2S/c1-6(8(11)9-2)7(5-12)3-4-10/h7,10,12H,1,3-5H2,2H3,(H,9,11). The Morgan fingerprint density at radius 1 is 1.75 bits per heavy atom. The van der Waals surface area contributed by atoms with Gasteiger partial charge in [-0.15, -0.1) is 0 Å². The monoisotopic (exact) mass is 189 g/mol. The molecule has 70 valence electrons. The summed E-state index contributed by atoms with van der Waals surface area (Å²) in [5.41, 5.74) is 0.488. The van der Waals surface area contributed by atoms with E-state index in [0.29, 0.717) is 17.7 Å². The first kappa shape index (κ1) is 11.5. The lowest BCUT2D eigenvalue weighted by molar-refractivity contribution is -0.117. The highest BCUT2D eigenvalue weighted by molar-refractivity contribution is 7.80. The van der Waals surface area contributed by atoms with Gasteiger partial charge in [-0.25, -0.2) is 0 Å². The quantitative estimate of drug-likeness (QED) is 0.428. The minimum atomic E-state index is -0.178. The largest absolute Gasteiger partial charge is 0.396 e. The second-order valence-corrected chi connectivity index (χ2v) is 2.86. The van der Waals surface area contributed by atoms with Crippen molar-refractivity contribution in [3.63, 3.8) is 0 Å². The fourth-order valence-corrected chi connectivity index (χ4v) is 1.28. The van der Waals surface area contributed by atoms with E-state index >= 15 is 0 Å². The molecule has 0 bridgehead atoms. The Hall–Kier alpha value is -0.480. The van der Waals surface area contributed by atoms with Crippen LogP contribution in [0.15, 0.2) is 12.2 Å². The molecule has 0 heterocycles.